The second kappa shape index (κ2) is 11.7. The van der Waals surface area contributed by atoms with E-state index < -0.39 is 0 Å². The molecule has 0 saturated carbocycles. The number of hydrogen-bond acceptors (Lipinski definition) is 2. The number of unbranched alkanes of at least 4 members (excludes halogenated alkanes) is 8. The van der Waals surface area contributed by atoms with Crippen molar-refractivity contribution < 1.29 is 0 Å². The molecule has 1 unspecified atom stereocenters. The smallest absolute Gasteiger partial charge is 0.0677 e. The van der Waals surface area contributed by atoms with Crippen LogP contribution in [0, 0.1) is 5.53 Å². The van der Waals surface area contributed by atoms with Gasteiger partial charge < -0.3 is 0 Å². The van der Waals surface area contributed by atoms with Crippen molar-refractivity contribution in [2.75, 3.05) is 0 Å². The molecule has 0 aromatic rings. The number of rotatable bonds is 11. The normalized spacial score (nSPS) is 12.7. The molecule has 1 atom stereocenters. The average molecular weight is 212 g/mol. The Labute approximate surface area is 95.4 Å². The summed E-state index contributed by atoms with van der Waals surface area (Å²) in [6, 6.07) is 0.245. The summed E-state index contributed by atoms with van der Waals surface area (Å²) in [4.78, 5) is 0. The minimum Gasteiger partial charge on any atom is -0.210 e. The van der Waals surface area contributed by atoms with Crippen LogP contribution < -0.4 is 0 Å². The predicted octanol–water partition coefficient (Wildman–Crippen LogP) is 5.33. The van der Waals surface area contributed by atoms with Crippen molar-refractivity contribution in [3.8, 4) is 0 Å². The van der Waals surface area contributed by atoms with Crippen molar-refractivity contribution >= 4 is 0 Å². The van der Waals surface area contributed by atoms with Gasteiger partial charge in [-0.1, -0.05) is 64.7 Å². The van der Waals surface area contributed by atoms with Gasteiger partial charge in [0.15, 0.2) is 0 Å². The number of nitrogens with one attached hydrogen (secondary N) is 1. The van der Waals surface area contributed by atoms with Gasteiger partial charge in [0.25, 0.3) is 0 Å². The van der Waals surface area contributed by atoms with Gasteiger partial charge in [-0.25, -0.2) is 5.53 Å². The van der Waals surface area contributed by atoms with Gasteiger partial charge >= 0.3 is 0 Å². The van der Waals surface area contributed by atoms with Gasteiger partial charge in [0, 0.05) is 0 Å². The summed E-state index contributed by atoms with van der Waals surface area (Å²) in [7, 11) is 0. The Morgan fingerprint density at radius 2 is 1.33 bits per heavy atom. The summed E-state index contributed by atoms with van der Waals surface area (Å²) in [5, 5.41) is 3.51. The van der Waals surface area contributed by atoms with E-state index in [1.165, 1.54) is 57.8 Å². The van der Waals surface area contributed by atoms with Crippen molar-refractivity contribution in [1.82, 2.24) is 0 Å². The molecule has 0 aliphatic carbocycles. The number of hydrogen-bond donors (Lipinski definition) is 1. The molecular weight excluding hydrogens is 184 g/mol. The van der Waals surface area contributed by atoms with Crippen molar-refractivity contribution in [2.45, 2.75) is 84.1 Å². The number of nitrogens with zero attached hydrogens (tertiary/aromatic N) is 1. The highest BCUT2D eigenvalue weighted by Gasteiger charge is 1.97. The van der Waals surface area contributed by atoms with Gasteiger partial charge in [-0.3, -0.25) is 0 Å². The Kier molecular flexibility index (Phi) is 11.4. The maximum absolute atomic E-state index is 6.84. The van der Waals surface area contributed by atoms with E-state index in [2.05, 4.69) is 12.0 Å². The molecule has 0 heterocycles. The third kappa shape index (κ3) is 11.5. The van der Waals surface area contributed by atoms with Crippen molar-refractivity contribution in [1.29, 1.82) is 5.53 Å². The zero-order valence-corrected chi connectivity index (χ0v) is 10.6. The molecule has 2 heteroatoms. The topological polar surface area (TPSA) is 36.2 Å². The Morgan fingerprint density at radius 3 is 1.80 bits per heavy atom. The van der Waals surface area contributed by atoms with Crippen LogP contribution in [-0.2, 0) is 0 Å². The molecule has 1 N–H and O–H groups in total. The highest BCUT2D eigenvalue weighted by Crippen LogP contribution is 2.11. The molecule has 0 aliphatic heterocycles. The first-order valence-electron chi connectivity index (χ1n) is 6.67. The molecular formula is C13H28N2. The molecule has 0 aromatic heterocycles. The average Bonchev–Trinajstić information content (AvgIpc) is 2.26. The van der Waals surface area contributed by atoms with E-state index in [1.54, 1.807) is 0 Å². The Bertz CT molecular complexity index is 134. The fraction of sp³-hybridized carbons (Fsp3) is 1.00. The molecule has 0 spiro atoms. The molecule has 15 heavy (non-hydrogen) atoms. The summed E-state index contributed by atoms with van der Waals surface area (Å²) >= 11 is 0. The molecule has 0 rings (SSSR count). The predicted molar refractivity (Wildman–Crippen MR) is 66.5 cm³/mol. The Hall–Kier alpha value is -0.400. The minimum absolute atomic E-state index is 0.245. The monoisotopic (exact) mass is 212 g/mol. The van der Waals surface area contributed by atoms with E-state index in [1.807, 2.05) is 6.92 Å². The summed E-state index contributed by atoms with van der Waals surface area (Å²) in [5.41, 5.74) is 6.84. The molecule has 0 aliphatic rings. The third-order valence-corrected chi connectivity index (χ3v) is 2.95. The third-order valence-electron chi connectivity index (χ3n) is 2.95. The lowest BCUT2D eigenvalue weighted by molar-refractivity contribution is 0.527. The quantitative estimate of drug-likeness (QED) is 0.355. The molecule has 0 radical (unpaired) electrons. The van der Waals surface area contributed by atoms with Crippen LogP contribution in [0.15, 0.2) is 5.11 Å². The zero-order valence-electron chi connectivity index (χ0n) is 10.6. The zero-order chi connectivity index (χ0) is 11.4. The first kappa shape index (κ1) is 14.6. The Balaban J connectivity index is 2.95. The molecule has 0 bridgehead atoms. The standard InChI is InChI=1S/C13H28N2/c1-3-4-5-6-7-8-9-10-11-12-13(2)15-14/h13-14H,3-12H2,1-2H3. The lowest BCUT2D eigenvalue weighted by Crippen LogP contribution is -1.95. The van der Waals surface area contributed by atoms with Crippen molar-refractivity contribution in [3.05, 3.63) is 0 Å². The van der Waals surface area contributed by atoms with Crippen LogP contribution in [0.2, 0.25) is 0 Å². The van der Waals surface area contributed by atoms with Crippen LogP contribution in [0.25, 0.3) is 0 Å². The van der Waals surface area contributed by atoms with Gasteiger partial charge in [0.2, 0.25) is 0 Å². The summed E-state index contributed by atoms with van der Waals surface area (Å²) < 4.78 is 0. The van der Waals surface area contributed by atoms with E-state index in [0.29, 0.717) is 0 Å². The second-order valence-electron chi connectivity index (χ2n) is 4.60. The van der Waals surface area contributed by atoms with Crippen LogP contribution in [0.3, 0.4) is 0 Å². The molecule has 90 valence electrons. The van der Waals surface area contributed by atoms with Crippen LogP contribution >= 0.6 is 0 Å². The molecule has 0 saturated heterocycles. The van der Waals surface area contributed by atoms with Gasteiger partial charge in [0.1, 0.15) is 0 Å². The summed E-state index contributed by atoms with van der Waals surface area (Å²) in [5.74, 6) is 0. The lowest BCUT2D eigenvalue weighted by Gasteiger charge is -2.04. The molecule has 0 aromatic carbocycles. The van der Waals surface area contributed by atoms with E-state index in [-0.39, 0.29) is 6.04 Å². The first-order valence-corrected chi connectivity index (χ1v) is 6.67. The van der Waals surface area contributed by atoms with Crippen molar-refractivity contribution in [2.24, 2.45) is 5.11 Å². The van der Waals surface area contributed by atoms with Gasteiger partial charge in [-0.15, -0.1) is 0 Å². The van der Waals surface area contributed by atoms with Crippen molar-refractivity contribution in [3.63, 3.8) is 0 Å². The lowest BCUT2D eigenvalue weighted by atomic mass is 10.1. The van der Waals surface area contributed by atoms with Gasteiger partial charge in [-0.2, -0.15) is 5.11 Å². The Morgan fingerprint density at radius 1 is 0.867 bits per heavy atom. The SMILES string of the molecule is CCCCCCCCCCCC(C)N=N. The maximum atomic E-state index is 6.84. The van der Waals surface area contributed by atoms with Crippen LogP contribution in [0.1, 0.15) is 78.1 Å². The van der Waals surface area contributed by atoms with Crippen LogP contribution in [0.4, 0.5) is 0 Å². The highest BCUT2D eigenvalue weighted by molar-refractivity contribution is 4.55. The molecule has 2 nitrogen and oxygen atoms in total. The highest BCUT2D eigenvalue weighted by atomic mass is 15.0. The van der Waals surface area contributed by atoms with Gasteiger partial charge in [-0.05, 0) is 13.3 Å². The van der Waals surface area contributed by atoms with Crippen LogP contribution in [0.5, 0.6) is 0 Å². The largest absolute Gasteiger partial charge is 0.210 e. The fourth-order valence-electron chi connectivity index (χ4n) is 1.81. The first-order chi connectivity index (χ1) is 7.31. The van der Waals surface area contributed by atoms with Crippen LogP contribution in [-0.4, -0.2) is 6.04 Å². The fourth-order valence-corrected chi connectivity index (χ4v) is 1.81. The second-order valence-corrected chi connectivity index (χ2v) is 4.60. The van der Waals surface area contributed by atoms with E-state index in [0.717, 1.165) is 6.42 Å². The minimum atomic E-state index is 0.245. The van der Waals surface area contributed by atoms with E-state index >= 15 is 0 Å². The molecule has 0 amide bonds. The maximum Gasteiger partial charge on any atom is 0.0677 e. The van der Waals surface area contributed by atoms with Gasteiger partial charge in [0.05, 0.1) is 6.04 Å². The van der Waals surface area contributed by atoms with E-state index in [4.69, 9.17) is 5.53 Å². The summed E-state index contributed by atoms with van der Waals surface area (Å²) in [6.07, 6.45) is 13.4. The summed E-state index contributed by atoms with van der Waals surface area (Å²) in [6.45, 7) is 4.29. The molecule has 0 fully saturated rings. The van der Waals surface area contributed by atoms with E-state index in [9.17, 15) is 0 Å².